The minimum atomic E-state index is -0.00625. The summed E-state index contributed by atoms with van der Waals surface area (Å²) in [5.74, 6) is 0. The number of rotatable bonds is 2. The summed E-state index contributed by atoms with van der Waals surface area (Å²) >= 11 is 0. The third kappa shape index (κ3) is 1.90. The third-order valence-corrected chi connectivity index (χ3v) is 3.05. The Morgan fingerprint density at radius 2 is 1.67 bits per heavy atom. The highest BCUT2D eigenvalue weighted by Gasteiger charge is 2.30. The van der Waals surface area contributed by atoms with E-state index in [0.717, 1.165) is 11.1 Å². The quantitative estimate of drug-likeness (QED) is 0.666. The summed E-state index contributed by atoms with van der Waals surface area (Å²) < 4.78 is 0. The highest BCUT2D eigenvalue weighted by Crippen LogP contribution is 2.34. The van der Waals surface area contributed by atoms with Crippen molar-refractivity contribution in [2.24, 2.45) is 5.16 Å². The molecule has 0 N–H and O–H groups in total. The minimum Gasteiger partial charge on any atom is -0.396 e. The lowest BCUT2D eigenvalue weighted by atomic mass is 10.1. The van der Waals surface area contributed by atoms with Gasteiger partial charge >= 0.3 is 0 Å². The van der Waals surface area contributed by atoms with Crippen molar-refractivity contribution in [1.29, 1.82) is 10.5 Å². The molecule has 0 radical (unpaired) electrons. The molecule has 6 nitrogen and oxygen atoms in total. The first-order valence-electron chi connectivity index (χ1n) is 6.32. The van der Waals surface area contributed by atoms with Crippen LogP contribution in [0.4, 0.5) is 0 Å². The van der Waals surface area contributed by atoms with E-state index in [-0.39, 0.29) is 11.4 Å². The molecule has 2 aromatic rings. The molecule has 3 rings (SSSR count). The van der Waals surface area contributed by atoms with E-state index in [9.17, 15) is 0 Å². The fourth-order valence-electron chi connectivity index (χ4n) is 2.19. The Hall–Kier alpha value is -3.25. The van der Waals surface area contributed by atoms with Crippen molar-refractivity contribution in [3.63, 3.8) is 0 Å². The maximum Gasteiger partial charge on any atom is 0.177 e. The van der Waals surface area contributed by atoms with Gasteiger partial charge in [0.15, 0.2) is 11.4 Å². The smallest absolute Gasteiger partial charge is 0.177 e. The van der Waals surface area contributed by atoms with Crippen LogP contribution in [0.15, 0.2) is 29.4 Å². The largest absolute Gasteiger partial charge is 0.396 e. The molecule has 0 unspecified atom stereocenters. The Labute approximate surface area is 120 Å². The second-order valence-electron chi connectivity index (χ2n) is 4.24. The van der Waals surface area contributed by atoms with E-state index in [1.807, 2.05) is 43.3 Å². The van der Waals surface area contributed by atoms with Crippen LogP contribution in [-0.4, -0.2) is 22.3 Å². The third-order valence-electron chi connectivity index (χ3n) is 3.05. The molecule has 0 atom stereocenters. The van der Waals surface area contributed by atoms with Crippen LogP contribution in [0.3, 0.4) is 0 Å². The lowest BCUT2D eigenvalue weighted by Gasteiger charge is -2.01. The number of hydrogen-bond donors (Lipinski definition) is 0. The minimum absolute atomic E-state index is 0.00625. The van der Waals surface area contributed by atoms with Gasteiger partial charge in [-0.25, -0.2) is 9.97 Å². The number of oxime groups is 1. The molecule has 100 valence electrons. The van der Waals surface area contributed by atoms with Crippen LogP contribution in [0.2, 0.25) is 0 Å². The molecule has 1 aliphatic carbocycles. The van der Waals surface area contributed by atoms with E-state index in [0.29, 0.717) is 23.7 Å². The maximum absolute atomic E-state index is 9.09. The van der Waals surface area contributed by atoms with Crippen molar-refractivity contribution in [3.8, 4) is 23.4 Å². The molecule has 0 bridgehead atoms. The molecule has 6 heteroatoms. The van der Waals surface area contributed by atoms with Crippen LogP contribution in [0.1, 0.15) is 29.6 Å². The Bertz CT molecular complexity index is 842. The van der Waals surface area contributed by atoms with E-state index in [2.05, 4.69) is 15.1 Å². The highest BCUT2D eigenvalue weighted by atomic mass is 16.6. The molecule has 1 aromatic heterocycles. The van der Waals surface area contributed by atoms with E-state index < -0.39 is 0 Å². The Balaban J connectivity index is 2.31. The molecule has 0 aliphatic heterocycles. The maximum atomic E-state index is 9.09. The SMILES string of the molecule is CCO/N=C1\c2ccccc2-c2nc(C#N)c(C#N)nc21. The highest BCUT2D eigenvalue weighted by molar-refractivity contribution is 6.22. The van der Waals surface area contributed by atoms with Gasteiger partial charge in [0.2, 0.25) is 0 Å². The molecule has 0 fully saturated rings. The topological polar surface area (TPSA) is 95.0 Å². The lowest BCUT2D eigenvalue weighted by Crippen LogP contribution is -2.06. The van der Waals surface area contributed by atoms with Gasteiger partial charge in [0.1, 0.15) is 35.8 Å². The van der Waals surface area contributed by atoms with Crippen LogP contribution in [0.5, 0.6) is 0 Å². The fourth-order valence-corrected chi connectivity index (χ4v) is 2.19. The van der Waals surface area contributed by atoms with Crippen LogP contribution in [0.25, 0.3) is 11.3 Å². The Kier molecular flexibility index (Phi) is 3.06. The molecule has 0 saturated heterocycles. The molecule has 1 heterocycles. The van der Waals surface area contributed by atoms with Crippen LogP contribution in [-0.2, 0) is 4.84 Å². The van der Waals surface area contributed by atoms with Crippen molar-refractivity contribution in [2.45, 2.75) is 6.92 Å². The number of nitriles is 2. The normalized spacial score (nSPS) is 13.2. The van der Waals surface area contributed by atoms with Crippen LogP contribution >= 0.6 is 0 Å². The molecular weight excluding hydrogens is 266 g/mol. The first kappa shape index (κ1) is 12.8. The molecule has 1 aliphatic rings. The standard InChI is InChI=1S/C15H9N5O/c1-2-21-20-14-10-6-4-3-5-9(10)13-15(14)19-12(8-17)11(7-16)18-13/h3-6H,2H2,1H3/b20-14+. The molecule has 1 aromatic carbocycles. The molecule has 21 heavy (non-hydrogen) atoms. The molecular formula is C15H9N5O. The average molecular weight is 275 g/mol. The van der Waals surface area contributed by atoms with E-state index >= 15 is 0 Å². The van der Waals surface area contributed by atoms with Gasteiger partial charge in [-0.3, -0.25) is 0 Å². The predicted octanol–water partition coefficient (Wildman–Crippen LogP) is 1.99. The van der Waals surface area contributed by atoms with Gasteiger partial charge in [0, 0.05) is 11.1 Å². The Morgan fingerprint density at radius 1 is 1.05 bits per heavy atom. The summed E-state index contributed by atoms with van der Waals surface area (Å²) in [6.45, 7) is 2.26. The van der Waals surface area contributed by atoms with E-state index in [1.165, 1.54) is 0 Å². The summed E-state index contributed by atoms with van der Waals surface area (Å²) in [5.41, 5.74) is 3.24. The van der Waals surface area contributed by atoms with Gasteiger partial charge in [-0.1, -0.05) is 29.4 Å². The summed E-state index contributed by atoms with van der Waals surface area (Å²) in [6, 6.07) is 11.3. The van der Waals surface area contributed by atoms with Crippen LogP contribution in [0, 0.1) is 22.7 Å². The zero-order valence-corrected chi connectivity index (χ0v) is 11.2. The van der Waals surface area contributed by atoms with Gasteiger partial charge in [0.05, 0.1) is 0 Å². The molecule has 0 saturated carbocycles. The van der Waals surface area contributed by atoms with Crippen molar-refractivity contribution >= 4 is 5.71 Å². The van der Waals surface area contributed by atoms with E-state index in [1.54, 1.807) is 0 Å². The molecule has 0 amide bonds. The van der Waals surface area contributed by atoms with E-state index in [4.69, 9.17) is 15.4 Å². The average Bonchev–Trinajstić information content (AvgIpc) is 2.84. The van der Waals surface area contributed by atoms with Crippen molar-refractivity contribution in [2.75, 3.05) is 6.61 Å². The fraction of sp³-hybridized carbons (Fsp3) is 0.133. The Morgan fingerprint density at radius 3 is 2.29 bits per heavy atom. The number of nitrogens with zero attached hydrogens (tertiary/aromatic N) is 5. The van der Waals surface area contributed by atoms with Crippen molar-refractivity contribution in [1.82, 2.24) is 9.97 Å². The number of benzene rings is 1. The second-order valence-corrected chi connectivity index (χ2v) is 4.24. The lowest BCUT2D eigenvalue weighted by molar-refractivity contribution is 0.159. The number of fused-ring (bicyclic) bond motifs is 3. The summed E-state index contributed by atoms with van der Waals surface area (Å²) in [4.78, 5) is 13.6. The van der Waals surface area contributed by atoms with Crippen molar-refractivity contribution < 1.29 is 4.84 Å². The second kappa shape index (κ2) is 5.03. The zero-order valence-electron chi connectivity index (χ0n) is 11.2. The first-order valence-corrected chi connectivity index (χ1v) is 6.32. The van der Waals surface area contributed by atoms with Gasteiger partial charge < -0.3 is 4.84 Å². The molecule has 0 spiro atoms. The summed E-state index contributed by atoms with van der Waals surface area (Å²) in [5, 5.41) is 22.2. The van der Waals surface area contributed by atoms with Gasteiger partial charge in [0.25, 0.3) is 0 Å². The predicted molar refractivity (Wildman–Crippen MR) is 74.2 cm³/mol. The zero-order chi connectivity index (χ0) is 14.8. The first-order chi connectivity index (χ1) is 10.3. The van der Waals surface area contributed by atoms with Gasteiger partial charge in [-0.05, 0) is 6.92 Å². The number of hydrogen-bond acceptors (Lipinski definition) is 6. The van der Waals surface area contributed by atoms with Gasteiger partial charge in [-0.2, -0.15) is 10.5 Å². The van der Waals surface area contributed by atoms with Crippen molar-refractivity contribution in [3.05, 3.63) is 46.9 Å². The van der Waals surface area contributed by atoms with Gasteiger partial charge in [-0.15, -0.1) is 0 Å². The summed E-state index contributed by atoms with van der Waals surface area (Å²) in [6.07, 6.45) is 0. The number of aromatic nitrogens is 2. The monoisotopic (exact) mass is 275 g/mol. The van der Waals surface area contributed by atoms with Crippen LogP contribution < -0.4 is 0 Å². The summed E-state index contributed by atoms with van der Waals surface area (Å²) in [7, 11) is 0.